The zero-order valence-corrected chi connectivity index (χ0v) is 21.3. The molecule has 2 nitrogen and oxygen atoms in total. The summed E-state index contributed by atoms with van der Waals surface area (Å²) >= 11 is 0. The van der Waals surface area contributed by atoms with E-state index in [4.69, 9.17) is 0 Å². The van der Waals surface area contributed by atoms with E-state index in [2.05, 4.69) is 4.74 Å². The van der Waals surface area contributed by atoms with Crippen LogP contribution < -0.4 is 0 Å². The Balaban J connectivity index is 0.000000408. The van der Waals surface area contributed by atoms with Crippen molar-refractivity contribution in [2.75, 3.05) is 6.61 Å². The van der Waals surface area contributed by atoms with Gasteiger partial charge in [0.25, 0.3) is 0 Å². The van der Waals surface area contributed by atoms with Gasteiger partial charge in [-0.25, -0.2) is 0 Å². The molecule has 0 saturated carbocycles. The predicted octanol–water partition coefficient (Wildman–Crippen LogP) is 9.00. The van der Waals surface area contributed by atoms with Crippen molar-refractivity contribution in [3.63, 3.8) is 0 Å². The van der Waals surface area contributed by atoms with E-state index in [1.54, 1.807) is 6.92 Å². The maximum absolute atomic E-state index is 9.82. The van der Waals surface area contributed by atoms with E-state index in [0.29, 0.717) is 6.61 Å². The molecule has 0 spiro atoms. The molecule has 0 N–H and O–H groups in total. The van der Waals surface area contributed by atoms with Gasteiger partial charge in [0, 0.05) is 6.92 Å². The van der Waals surface area contributed by atoms with Crippen molar-refractivity contribution in [2.45, 2.75) is 13.8 Å². The molecule has 5 aromatic rings. The molecular formula is C34H38O2. The molecule has 0 heterocycles. The molecule has 5 aromatic carbocycles. The number of ether oxygens (including phenoxy) is 1. The number of hydrogen-bond acceptors (Lipinski definition) is 2. The van der Waals surface area contributed by atoms with Crippen molar-refractivity contribution in [3.8, 4) is 0 Å². The minimum atomic E-state index is -0.211. The maximum Gasteiger partial charge on any atom is 0.302 e. The summed E-state index contributed by atoms with van der Waals surface area (Å²) in [4.78, 5) is 9.82. The first-order chi connectivity index (χ1) is 17.8. The second-order valence-corrected chi connectivity index (χ2v) is 6.70. The Morgan fingerprint density at radius 1 is 0.361 bits per heavy atom. The Labute approximate surface area is 217 Å². The average Bonchev–Trinajstić information content (AvgIpc) is 2.99. The Morgan fingerprint density at radius 2 is 0.472 bits per heavy atom. The number of benzene rings is 5. The van der Waals surface area contributed by atoms with Crippen LogP contribution in [-0.2, 0) is 9.53 Å². The molecule has 0 aliphatic heterocycles. The molecule has 0 aromatic heterocycles. The zero-order valence-electron chi connectivity index (χ0n) is 21.3. The van der Waals surface area contributed by atoms with Crippen molar-refractivity contribution in [3.05, 3.63) is 182 Å². The van der Waals surface area contributed by atoms with E-state index < -0.39 is 0 Å². The third-order valence-corrected chi connectivity index (χ3v) is 3.68. The summed E-state index contributed by atoms with van der Waals surface area (Å²) in [5.41, 5.74) is 0. The summed E-state index contributed by atoms with van der Waals surface area (Å²) in [5.74, 6) is -0.211. The Kier molecular flexibility index (Phi) is 25.1. The van der Waals surface area contributed by atoms with Gasteiger partial charge in [0.2, 0.25) is 0 Å². The molecule has 0 aliphatic carbocycles. The largest absolute Gasteiger partial charge is 0.466 e. The van der Waals surface area contributed by atoms with Gasteiger partial charge in [0.1, 0.15) is 0 Å². The lowest BCUT2D eigenvalue weighted by Gasteiger charge is -1.89. The van der Waals surface area contributed by atoms with Crippen molar-refractivity contribution in [1.82, 2.24) is 0 Å². The molecule has 36 heavy (non-hydrogen) atoms. The molecule has 0 bridgehead atoms. The number of carbonyl (C=O) groups excluding carboxylic acids is 1. The van der Waals surface area contributed by atoms with Gasteiger partial charge in [-0.3, -0.25) is 4.79 Å². The first kappa shape index (κ1) is 31.6. The molecular weight excluding hydrogens is 440 g/mol. The molecule has 0 atom stereocenters. The Bertz CT molecular complexity index is 675. The maximum atomic E-state index is 9.82. The van der Waals surface area contributed by atoms with Crippen LogP contribution >= 0.6 is 0 Å². The third-order valence-electron chi connectivity index (χ3n) is 3.68. The van der Waals surface area contributed by atoms with Crippen LogP contribution in [0.4, 0.5) is 0 Å². The highest BCUT2D eigenvalue weighted by Gasteiger charge is 1.81. The van der Waals surface area contributed by atoms with Crippen molar-refractivity contribution >= 4 is 5.97 Å². The van der Waals surface area contributed by atoms with Crippen LogP contribution in [0, 0.1) is 0 Å². The van der Waals surface area contributed by atoms with E-state index in [1.165, 1.54) is 6.92 Å². The van der Waals surface area contributed by atoms with Gasteiger partial charge in [0.05, 0.1) is 6.61 Å². The minimum absolute atomic E-state index is 0.211. The highest BCUT2D eigenvalue weighted by molar-refractivity contribution is 5.65. The Morgan fingerprint density at radius 3 is 0.500 bits per heavy atom. The molecule has 2 heteroatoms. The SMILES string of the molecule is CCOC(C)=O.c1ccccc1.c1ccccc1.c1ccccc1.c1ccccc1.c1ccccc1. The van der Waals surface area contributed by atoms with Crippen LogP contribution in [0.15, 0.2) is 182 Å². The van der Waals surface area contributed by atoms with E-state index in [-0.39, 0.29) is 5.97 Å². The summed E-state index contributed by atoms with van der Waals surface area (Å²) in [7, 11) is 0. The number of esters is 1. The van der Waals surface area contributed by atoms with Gasteiger partial charge < -0.3 is 4.74 Å². The van der Waals surface area contributed by atoms with Crippen LogP contribution in [0.25, 0.3) is 0 Å². The van der Waals surface area contributed by atoms with E-state index in [9.17, 15) is 4.79 Å². The monoisotopic (exact) mass is 478 g/mol. The van der Waals surface area contributed by atoms with Crippen LogP contribution in [0.3, 0.4) is 0 Å². The van der Waals surface area contributed by atoms with Gasteiger partial charge >= 0.3 is 5.97 Å². The lowest BCUT2D eigenvalue weighted by molar-refractivity contribution is -0.140. The molecule has 186 valence electrons. The van der Waals surface area contributed by atoms with Crippen LogP contribution in [-0.4, -0.2) is 12.6 Å². The smallest absolute Gasteiger partial charge is 0.302 e. The fourth-order valence-corrected chi connectivity index (χ4v) is 2.13. The normalized spacial score (nSPS) is 7.94. The van der Waals surface area contributed by atoms with Gasteiger partial charge in [0.15, 0.2) is 0 Å². The fourth-order valence-electron chi connectivity index (χ4n) is 2.13. The average molecular weight is 479 g/mol. The van der Waals surface area contributed by atoms with E-state index >= 15 is 0 Å². The van der Waals surface area contributed by atoms with Gasteiger partial charge in [-0.2, -0.15) is 0 Å². The van der Waals surface area contributed by atoms with Crippen LogP contribution in [0.5, 0.6) is 0 Å². The second kappa shape index (κ2) is 28.6. The number of rotatable bonds is 1. The second-order valence-electron chi connectivity index (χ2n) is 6.70. The standard InChI is InChI=1S/5C6H6.C4H8O2/c5*1-2-4-6-5-3-1;1-3-6-4(2)5/h5*1-6H;3H2,1-2H3. The fraction of sp³-hybridized carbons (Fsp3) is 0.0882. The quantitative estimate of drug-likeness (QED) is 0.225. The number of hydrogen-bond donors (Lipinski definition) is 0. The minimum Gasteiger partial charge on any atom is -0.466 e. The van der Waals surface area contributed by atoms with E-state index in [0.717, 1.165) is 0 Å². The van der Waals surface area contributed by atoms with Gasteiger partial charge in [-0.05, 0) is 6.92 Å². The molecule has 5 rings (SSSR count). The molecule has 0 aliphatic rings. The third kappa shape index (κ3) is 29.6. The highest BCUT2D eigenvalue weighted by Crippen LogP contribution is 1.82. The zero-order chi connectivity index (χ0) is 26.2. The topological polar surface area (TPSA) is 26.3 Å². The molecule has 0 amide bonds. The lowest BCUT2D eigenvalue weighted by Crippen LogP contribution is -1.95. The van der Waals surface area contributed by atoms with Crippen molar-refractivity contribution < 1.29 is 9.53 Å². The molecule has 0 fully saturated rings. The first-order valence-corrected chi connectivity index (χ1v) is 11.9. The highest BCUT2D eigenvalue weighted by atomic mass is 16.5. The summed E-state index contributed by atoms with van der Waals surface area (Å²) in [6, 6.07) is 60.0. The molecule has 0 saturated heterocycles. The van der Waals surface area contributed by atoms with Gasteiger partial charge in [-0.15, -0.1) is 0 Å². The summed E-state index contributed by atoms with van der Waals surface area (Å²) in [5, 5.41) is 0. The molecule has 0 radical (unpaired) electrons. The first-order valence-electron chi connectivity index (χ1n) is 11.9. The number of carbonyl (C=O) groups is 1. The summed E-state index contributed by atoms with van der Waals surface area (Å²) < 4.78 is 4.40. The van der Waals surface area contributed by atoms with Crippen molar-refractivity contribution in [2.24, 2.45) is 0 Å². The summed E-state index contributed by atoms with van der Waals surface area (Å²) in [6.45, 7) is 3.65. The summed E-state index contributed by atoms with van der Waals surface area (Å²) in [6.07, 6.45) is 0. The van der Waals surface area contributed by atoms with Crippen molar-refractivity contribution in [1.29, 1.82) is 0 Å². The van der Waals surface area contributed by atoms with Gasteiger partial charge in [-0.1, -0.05) is 182 Å². The lowest BCUT2D eigenvalue weighted by atomic mass is 10.4. The molecule has 0 unspecified atom stereocenters. The predicted molar refractivity (Wildman–Crippen MR) is 155 cm³/mol. The van der Waals surface area contributed by atoms with Crippen LogP contribution in [0.2, 0.25) is 0 Å². The van der Waals surface area contributed by atoms with Crippen LogP contribution in [0.1, 0.15) is 13.8 Å². The Hall–Kier alpha value is -4.43. The van der Waals surface area contributed by atoms with E-state index in [1.807, 2.05) is 182 Å².